The Morgan fingerprint density at radius 2 is 2.19 bits per heavy atom. The number of piperidine rings is 1. The van der Waals surface area contributed by atoms with Gasteiger partial charge in [0.2, 0.25) is 5.91 Å². The molecular weight excluding hydrogens is 332 g/mol. The van der Waals surface area contributed by atoms with Crippen molar-refractivity contribution in [2.45, 2.75) is 24.9 Å². The van der Waals surface area contributed by atoms with Gasteiger partial charge in [0.25, 0.3) is 0 Å². The fraction of sp³-hybridized carbons (Fsp3) is 0.533. The summed E-state index contributed by atoms with van der Waals surface area (Å²) in [5, 5.41) is 2.87. The predicted molar refractivity (Wildman–Crippen MR) is 88.6 cm³/mol. The van der Waals surface area contributed by atoms with Crippen molar-refractivity contribution in [2.24, 2.45) is 5.73 Å². The summed E-state index contributed by atoms with van der Waals surface area (Å²) in [6.45, 7) is 2.05. The van der Waals surface area contributed by atoms with Crippen LogP contribution in [0.4, 0.5) is 11.4 Å². The first-order chi connectivity index (χ1) is 9.97. The molecule has 2 unspecified atom stereocenters. The number of anilines is 2. The topological polar surface area (TPSA) is 61.6 Å². The zero-order chi connectivity index (χ0) is 15.1. The fourth-order valence-electron chi connectivity index (χ4n) is 3.13. The van der Waals surface area contributed by atoms with E-state index < -0.39 is 6.04 Å². The maximum atomic E-state index is 11.7. The van der Waals surface area contributed by atoms with Gasteiger partial charge in [0.1, 0.15) is 6.04 Å². The Hall–Kier alpha value is -1.11. The lowest BCUT2D eigenvalue weighted by molar-refractivity contribution is -0.116. The molecule has 21 heavy (non-hydrogen) atoms. The van der Waals surface area contributed by atoms with Gasteiger partial charge in [0, 0.05) is 34.9 Å². The lowest BCUT2D eigenvalue weighted by Crippen LogP contribution is -2.45. The minimum absolute atomic E-state index is 0.126. The van der Waals surface area contributed by atoms with Crippen LogP contribution in [-0.4, -0.2) is 44.0 Å². The average Bonchev–Trinajstić information content (AvgIpc) is 2.73. The quantitative estimate of drug-likeness (QED) is 0.853. The Labute approximate surface area is 133 Å². The zero-order valence-corrected chi connectivity index (χ0v) is 14.0. The van der Waals surface area contributed by atoms with Crippen LogP contribution in [0.2, 0.25) is 0 Å². The van der Waals surface area contributed by atoms with Gasteiger partial charge in [-0.25, -0.2) is 0 Å². The lowest BCUT2D eigenvalue weighted by Gasteiger charge is -2.38. The molecule has 2 atom stereocenters. The molecule has 0 aromatic heterocycles. The van der Waals surface area contributed by atoms with Crippen LogP contribution in [0.1, 0.15) is 24.4 Å². The van der Waals surface area contributed by atoms with Crippen LogP contribution in [-0.2, 0) is 4.79 Å². The number of hydrogen-bond acceptors (Lipinski definition) is 4. The third-order valence-corrected chi connectivity index (χ3v) is 5.10. The maximum Gasteiger partial charge on any atom is 0.245 e. The van der Waals surface area contributed by atoms with Crippen LogP contribution in [0.3, 0.4) is 0 Å². The highest BCUT2D eigenvalue weighted by molar-refractivity contribution is 9.10. The number of carbonyl (C=O) groups is 1. The van der Waals surface area contributed by atoms with E-state index >= 15 is 0 Å². The van der Waals surface area contributed by atoms with E-state index in [-0.39, 0.29) is 5.91 Å². The molecular formula is C15H21BrN4O. The van der Waals surface area contributed by atoms with Crippen LogP contribution in [0.25, 0.3) is 0 Å². The van der Waals surface area contributed by atoms with Gasteiger partial charge in [-0.15, -0.1) is 0 Å². The second-order valence-electron chi connectivity index (χ2n) is 6.06. The fourth-order valence-corrected chi connectivity index (χ4v) is 3.74. The van der Waals surface area contributed by atoms with Crippen molar-refractivity contribution in [3.05, 3.63) is 22.2 Å². The molecule has 6 heteroatoms. The molecule has 1 saturated heterocycles. The minimum Gasteiger partial charge on any atom is -0.369 e. The van der Waals surface area contributed by atoms with Gasteiger partial charge < -0.3 is 20.9 Å². The standard InChI is InChI=1S/C15H21BrN4O/c1-19(2)9-4-3-5-20(8-9)13-7-12-10(6-11(13)16)14(17)15(21)18-12/h6-7,9,14H,3-5,8,17H2,1-2H3,(H,18,21). The molecule has 3 N–H and O–H groups in total. The third-order valence-electron chi connectivity index (χ3n) is 4.46. The summed E-state index contributed by atoms with van der Waals surface area (Å²) in [7, 11) is 4.26. The van der Waals surface area contributed by atoms with Crippen LogP contribution in [0, 0.1) is 0 Å². The summed E-state index contributed by atoms with van der Waals surface area (Å²) in [5.74, 6) is -0.126. The Kier molecular flexibility index (Phi) is 3.94. The summed E-state index contributed by atoms with van der Waals surface area (Å²) >= 11 is 3.64. The molecule has 0 radical (unpaired) electrons. The summed E-state index contributed by atoms with van der Waals surface area (Å²) in [4.78, 5) is 16.4. The van der Waals surface area contributed by atoms with Crippen molar-refractivity contribution in [3.8, 4) is 0 Å². The van der Waals surface area contributed by atoms with E-state index in [4.69, 9.17) is 5.73 Å². The molecule has 0 aliphatic carbocycles. The van der Waals surface area contributed by atoms with Crippen LogP contribution in [0.5, 0.6) is 0 Å². The Morgan fingerprint density at radius 1 is 1.43 bits per heavy atom. The van der Waals surface area contributed by atoms with Crippen molar-refractivity contribution in [3.63, 3.8) is 0 Å². The van der Waals surface area contributed by atoms with Gasteiger partial charge >= 0.3 is 0 Å². The molecule has 0 spiro atoms. The molecule has 2 aliphatic heterocycles. The second kappa shape index (κ2) is 5.59. The van der Waals surface area contributed by atoms with E-state index in [9.17, 15) is 4.79 Å². The molecule has 2 heterocycles. The monoisotopic (exact) mass is 352 g/mol. The molecule has 0 bridgehead atoms. The summed E-state index contributed by atoms with van der Waals surface area (Å²) in [6.07, 6.45) is 2.41. The van der Waals surface area contributed by atoms with Crippen molar-refractivity contribution in [1.82, 2.24) is 4.90 Å². The molecule has 2 aliphatic rings. The first kappa shape index (κ1) is 14.8. The molecule has 1 amide bonds. The van der Waals surface area contributed by atoms with E-state index in [1.807, 2.05) is 12.1 Å². The van der Waals surface area contributed by atoms with Crippen LogP contribution >= 0.6 is 15.9 Å². The molecule has 5 nitrogen and oxygen atoms in total. The zero-order valence-electron chi connectivity index (χ0n) is 12.4. The number of nitrogens with zero attached hydrogens (tertiary/aromatic N) is 2. The number of halogens is 1. The number of amides is 1. The first-order valence-corrected chi connectivity index (χ1v) is 8.08. The Bertz CT molecular complexity index is 575. The second-order valence-corrected chi connectivity index (χ2v) is 6.92. The number of nitrogens with two attached hydrogens (primary N) is 1. The van der Waals surface area contributed by atoms with Gasteiger partial charge in [-0.2, -0.15) is 0 Å². The summed E-state index contributed by atoms with van der Waals surface area (Å²) in [6, 6.07) is 4.03. The van der Waals surface area contributed by atoms with Crippen molar-refractivity contribution < 1.29 is 4.79 Å². The summed E-state index contributed by atoms with van der Waals surface area (Å²) in [5.41, 5.74) is 8.75. The van der Waals surface area contributed by atoms with Gasteiger partial charge in [-0.3, -0.25) is 4.79 Å². The van der Waals surface area contributed by atoms with E-state index in [2.05, 4.69) is 45.1 Å². The molecule has 0 saturated carbocycles. The Morgan fingerprint density at radius 3 is 2.90 bits per heavy atom. The summed E-state index contributed by atoms with van der Waals surface area (Å²) < 4.78 is 1.01. The van der Waals surface area contributed by atoms with E-state index in [0.29, 0.717) is 6.04 Å². The highest BCUT2D eigenvalue weighted by Gasteiger charge is 2.30. The van der Waals surface area contributed by atoms with Crippen molar-refractivity contribution in [1.29, 1.82) is 0 Å². The third kappa shape index (κ3) is 2.67. The van der Waals surface area contributed by atoms with Crippen LogP contribution in [0.15, 0.2) is 16.6 Å². The van der Waals surface area contributed by atoms with E-state index in [1.165, 1.54) is 12.8 Å². The predicted octanol–water partition coefficient (Wildman–Crippen LogP) is 1.93. The number of rotatable bonds is 2. The highest BCUT2D eigenvalue weighted by Crippen LogP contribution is 2.39. The molecule has 114 valence electrons. The number of hydrogen-bond donors (Lipinski definition) is 2. The SMILES string of the molecule is CN(C)C1CCCN(c2cc3c(cc2Br)C(N)C(=O)N3)C1. The average molecular weight is 353 g/mol. The number of nitrogens with one attached hydrogen (secondary N) is 1. The number of benzene rings is 1. The largest absolute Gasteiger partial charge is 0.369 e. The number of fused-ring (bicyclic) bond motifs is 1. The van der Waals surface area contributed by atoms with Gasteiger partial charge in [0.05, 0.1) is 5.69 Å². The number of likely N-dealkylation sites (N-methyl/N-ethyl adjacent to an activating group) is 1. The molecule has 1 aromatic rings. The molecule has 3 rings (SSSR count). The smallest absolute Gasteiger partial charge is 0.245 e. The number of carbonyl (C=O) groups excluding carboxylic acids is 1. The van der Waals surface area contributed by atoms with Crippen molar-refractivity contribution >= 4 is 33.2 Å². The van der Waals surface area contributed by atoms with Crippen molar-refractivity contribution in [2.75, 3.05) is 37.4 Å². The maximum absolute atomic E-state index is 11.7. The van der Waals surface area contributed by atoms with Gasteiger partial charge in [-0.05, 0) is 55.0 Å². The first-order valence-electron chi connectivity index (χ1n) is 7.28. The van der Waals surface area contributed by atoms with E-state index in [0.717, 1.165) is 34.5 Å². The van der Waals surface area contributed by atoms with E-state index in [1.54, 1.807) is 0 Å². The van der Waals surface area contributed by atoms with Gasteiger partial charge in [0.15, 0.2) is 0 Å². The normalized spacial score (nSPS) is 25.2. The van der Waals surface area contributed by atoms with Crippen LogP contribution < -0.4 is 16.0 Å². The van der Waals surface area contributed by atoms with Gasteiger partial charge in [-0.1, -0.05) is 0 Å². The highest BCUT2D eigenvalue weighted by atomic mass is 79.9. The lowest BCUT2D eigenvalue weighted by atomic mass is 10.0. The Balaban J connectivity index is 1.90. The minimum atomic E-state index is -0.554. The molecule has 1 fully saturated rings. The molecule has 1 aromatic carbocycles.